The Hall–Kier alpha value is -1.90. The molecular weight excluding hydrogens is 379 g/mol. The summed E-state index contributed by atoms with van der Waals surface area (Å²) in [6.07, 6.45) is 4.60. The van der Waals surface area contributed by atoms with Crippen LogP contribution in [0, 0.1) is 0 Å². The van der Waals surface area contributed by atoms with E-state index in [0.29, 0.717) is 30.5 Å². The van der Waals surface area contributed by atoms with Gasteiger partial charge in [0, 0.05) is 20.2 Å². The smallest absolute Gasteiger partial charge is 0.396 e. The maximum absolute atomic E-state index is 12.7. The van der Waals surface area contributed by atoms with E-state index in [2.05, 4.69) is 0 Å². The molecule has 0 heterocycles. The molecule has 1 N–H and O–H groups in total. The first-order valence-electron chi connectivity index (χ1n) is 8.46. The number of rotatable bonds is 7. The number of aliphatic hydroxyl groups is 1. The molecule has 8 heteroatoms. The van der Waals surface area contributed by atoms with Gasteiger partial charge in [-0.15, -0.1) is 0 Å². The lowest BCUT2D eigenvalue weighted by Crippen LogP contribution is -2.35. The predicted molar refractivity (Wildman–Crippen MR) is 99.4 cm³/mol. The van der Waals surface area contributed by atoms with Crippen LogP contribution in [0.25, 0.3) is 5.57 Å². The Morgan fingerprint density at radius 3 is 2.37 bits per heavy atom. The number of unbranched alkanes of at least 4 members (excludes halogenated alkanes) is 1. The maximum atomic E-state index is 12.7. The number of nitrogens with zero attached hydrogens (tertiary/aromatic N) is 1. The molecule has 148 valence electrons. The van der Waals surface area contributed by atoms with Crippen molar-refractivity contribution in [1.82, 2.24) is 4.31 Å². The molecule has 0 bridgehead atoms. The van der Waals surface area contributed by atoms with Crippen LogP contribution in [-0.2, 0) is 16.2 Å². The fourth-order valence-corrected chi connectivity index (χ4v) is 3.98. The van der Waals surface area contributed by atoms with E-state index in [1.807, 2.05) is 0 Å². The van der Waals surface area contributed by atoms with Crippen LogP contribution in [0.15, 0.2) is 54.6 Å². The number of benzene rings is 1. The lowest BCUT2D eigenvalue weighted by atomic mass is 10.0. The fraction of sp³-hybridized carbons (Fsp3) is 0.368. The molecule has 1 atom stereocenters. The van der Waals surface area contributed by atoms with Crippen LogP contribution in [0.3, 0.4) is 0 Å². The molecule has 0 fully saturated rings. The number of sulfonamides is 1. The Bertz CT molecular complexity index is 825. The molecule has 1 unspecified atom stereocenters. The van der Waals surface area contributed by atoms with Crippen LogP contribution < -0.4 is 0 Å². The number of hydrogen-bond donors (Lipinski definition) is 1. The summed E-state index contributed by atoms with van der Waals surface area (Å²) >= 11 is 0. The Labute approximate surface area is 157 Å². The lowest BCUT2D eigenvalue weighted by Gasteiger charge is -2.20. The van der Waals surface area contributed by atoms with Gasteiger partial charge in [0.2, 0.25) is 10.0 Å². The molecule has 1 aromatic carbocycles. The summed E-state index contributed by atoms with van der Waals surface area (Å²) in [5.41, 5.74) is 0.462. The van der Waals surface area contributed by atoms with Crippen LogP contribution >= 0.6 is 0 Å². The minimum Gasteiger partial charge on any atom is -0.396 e. The molecule has 0 radical (unpaired) electrons. The van der Waals surface area contributed by atoms with Gasteiger partial charge in [0.05, 0.1) is 5.56 Å². The van der Waals surface area contributed by atoms with E-state index in [9.17, 15) is 21.6 Å². The average molecular weight is 401 g/mol. The second-order valence-electron chi connectivity index (χ2n) is 6.20. The zero-order valence-electron chi connectivity index (χ0n) is 14.9. The maximum Gasteiger partial charge on any atom is 0.416 e. The van der Waals surface area contributed by atoms with Gasteiger partial charge in [0.15, 0.2) is 0 Å². The molecule has 0 amide bonds. The van der Waals surface area contributed by atoms with Gasteiger partial charge in [-0.2, -0.15) is 13.2 Å². The van der Waals surface area contributed by atoms with Gasteiger partial charge in [0.25, 0.3) is 0 Å². The van der Waals surface area contributed by atoms with E-state index < -0.39 is 27.0 Å². The van der Waals surface area contributed by atoms with Crippen molar-refractivity contribution in [1.29, 1.82) is 0 Å². The Morgan fingerprint density at radius 1 is 1.11 bits per heavy atom. The van der Waals surface area contributed by atoms with Crippen molar-refractivity contribution < 1.29 is 26.7 Å². The van der Waals surface area contributed by atoms with Crippen LogP contribution in [0.4, 0.5) is 13.2 Å². The Morgan fingerprint density at radius 2 is 1.78 bits per heavy atom. The second kappa shape index (κ2) is 8.86. The summed E-state index contributed by atoms with van der Waals surface area (Å²) in [6.45, 7) is 0.317. The predicted octanol–water partition coefficient (Wildman–Crippen LogP) is 3.62. The van der Waals surface area contributed by atoms with Crippen LogP contribution in [0.1, 0.15) is 24.0 Å². The van der Waals surface area contributed by atoms with E-state index in [0.717, 1.165) is 12.1 Å². The van der Waals surface area contributed by atoms with Crippen LogP contribution in [0.2, 0.25) is 0 Å². The van der Waals surface area contributed by atoms with Gasteiger partial charge in [0.1, 0.15) is 5.25 Å². The first kappa shape index (κ1) is 21.4. The summed E-state index contributed by atoms with van der Waals surface area (Å²) < 4.78 is 64.6. The van der Waals surface area contributed by atoms with Crippen LogP contribution in [0.5, 0.6) is 0 Å². The van der Waals surface area contributed by atoms with Gasteiger partial charge in [-0.25, -0.2) is 12.7 Å². The van der Waals surface area contributed by atoms with E-state index in [1.165, 1.54) is 35.6 Å². The summed E-state index contributed by atoms with van der Waals surface area (Å²) in [4.78, 5) is 0. The standard InChI is InChI=1S/C19H22F3NO3S/c1-23(13-2-3-14-24)27(25,26)18-6-4-5-15(9-12-18)16-7-10-17(11-8-16)19(20,21)22/h4-12,18,24H,2-3,13-14H2,1H3. The molecule has 1 aromatic rings. The number of hydrogen-bond acceptors (Lipinski definition) is 3. The minimum absolute atomic E-state index is 0.0114. The van der Waals surface area contributed by atoms with E-state index in [1.54, 1.807) is 18.2 Å². The molecular formula is C19H22F3NO3S. The zero-order chi connectivity index (χ0) is 20.1. The van der Waals surface area contributed by atoms with Crippen LogP contribution in [-0.4, -0.2) is 43.3 Å². The van der Waals surface area contributed by atoms with Crippen molar-refractivity contribution >= 4 is 15.6 Å². The molecule has 1 aliphatic carbocycles. The third kappa shape index (κ3) is 5.54. The number of aliphatic hydroxyl groups excluding tert-OH is 1. The highest BCUT2D eigenvalue weighted by atomic mass is 32.2. The largest absolute Gasteiger partial charge is 0.416 e. The topological polar surface area (TPSA) is 57.6 Å². The monoisotopic (exact) mass is 401 g/mol. The minimum atomic E-state index is -4.40. The molecule has 0 aliphatic heterocycles. The van der Waals surface area contributed by atoms with E-state index in [-0.39, 0.29) is 6.61 Å². The summed E-state index contributed by atoms with van der Waals surface area (Å²) in [7, 11) is -2.11. The van der Waals surface area contributed by atoms with Gasteiger partial charge in [-0.1, -0.05) is 42.5 Å². The number of halogens is 3. The number of allylic oxidation sites excluding steroid dienone is 4. The van der Waals surface area contributed by atoms with Gasteiger partial charge in [-0.3, -0.25) is 0 Å². The molecule has 0 saturated heterocycles. The molecule has 2 rings (SSSR count). The molecule has 4 nitrogen and oxygen atoms in total. The van der Waals surface area contributed by atoms with Gasteiger partial charge in [-0.05, 0) is 36.1 Å². The first-order chi connectivity index (χ1) is 12.7. The fourth-order valence-electron chi connectivity index (χ4n) is 2.61. The lowest BCUT2D eigenvalue weighted by molar-refractivity contribution is -0.137. The van der Waals surface area contributed by atoms with Crippen molar-refractivity contribution in [3.05, 3.63) is 65.8 Å². The van der Waals surface area contributed by atoms with Crippen molar-refractivity contribution in [3.63, 3.8) is 0 Å². The second-order valence-corrected chi connectivity index (χ2v) is 8.40. The average Bonchev–Trinajstić information content (AvgIpc) is 2.88. The molecule has 1 aliphatic rings. The Kier molecular flexibility index (Phi) is 7.02. The molecule has 0 spiro atoms. The summed E-state index contributed by atoms with van der Waals surface area (Å²) in [5.74, 6) is 0. The zero-order valence-corrected chi connectivity index (χ0v) is 15.7. The van der Waals surface area contributed by atoms with Gasteiger partial charge < -0.3 is 5.11 Å². The Balaban J connectivity index is 2.14. The highest BCUT2D eigenvalue weighted by Gasteiger charge is 2.30. The molecule has 0 saturated carbocycles. The SMILES string of the molecule is CN(CCCCO)S(=O)(=O)C1C=CC=C(c2ccc(C(F)(F)F)cc2)C=C1. The summed E-state index contributed by atoms with van der Waals surface area (Å²) in [6, 6.07) is 4.73. The van der Waals surface area contributed by atoms with Crippen molar-refractivity contribution in [3.8, 4) is 0 Å². The van der Waals surface area contributed by atoms with Crippen molar-refractivity contribution in [2.75, 3.05) is 20.2 Å². The first-order valence-corrected chi connectivity index (χ1v) is 9.97. The molecule has 0 aromatic heterocycles. The normalized spacial score (nSPS) is 17.9. The highest BCUT2D eigenvalue weighted by Crippen LogP contribution is 2.30. The van der Waals surface area contributed by atoms with E-state index >= 15 is 0 Å². The third-order valence-corrected chi connectivity index (χ3v) is 6.30. The van der Waals surface area contributed by atoms with Crippen molar-refractivity contribution in [2.24, 2.45) is 0 Å². The van der Waals surface area contributed by atoms with E-state index in [4.69, 9.17) is 5.11 Å². The highest BCUT2D eigenvalue weighted by molar-refractivity contribution is 7.90. The third-order valence-electron chi connectivity index (χ3n) is 4.25. The van der Waals surface area contributed by atoms with Gasteiger partial charge >= 0.3 is 6.18 Å². The molecule has 27 heavy (non-hydrogen) atoms. The number of alkyl halides is 3. The van der Waals surface area contributed by atoms with Crippen molar-refractivity contribution in [2.45, 2.75) is 24.3 Å². The summed E-state index contributed by atoms with van der Waals surface area (Å²) in [5, 5.41) is 7.95. The quantitative estimate of drug-likeness (QED) is 0.710.